The van der Waals surface area contributed by atoms with Crippen molar-refractivity contribution in [2.45, 2.75) is 4.90 Å². The molecule has 0 spiro atoms. The van der Waals surface area contributed by atoms with E-state index in [2.05, 4.69) is 25.1 Å². The lowest BCUT2D eigenvalue weighted by molar-refractivity contribution is 0.600. The van der Waals surface area contributed by atoms with Gasteiger partial charge in [-0.25, -0.2) is 18.1 Å². The van der Waals surface area contributed by atoms with Gasteiger partial charge in [0.25, 0.3) is 16.0 Å². The molecule has 10 heteroatoms. The number of hydrogen-bond donors (Lipinski definition) is 1. The average Bonchev–Trinajstić information content (AvgIpc) is 2.63. The summed E-state index contributed by atoms with van der Waals surface area (Å²) in [4.78, 5) is 4.80. The Bertz CT molecular complexity index is 639. The molecule has 0 radical (unpaired) electrons. The number of aromatic nitrogens is 5. The largest absolute Gasteiger partial charge is 0.277 e. The Kier molecular flexibility index (Phi) is 2.94. The van der Waals surface area contributed by atoms with Gasteiger partial charge in [-0.3, -0.25) is 0 Å². The van der Waals surface area contributed by atoms with Crippen LogP contribution in [0.2, 0.25) is 5.15 Å². The molecule has 0 saturated carbocycles. The molecule has 0 aliphatic rings. The molecule has 0 atom stereocenters. The molecule has 0 aliphatic carbocycles. The summed E-state index contributed by atoms with van der Waals surface area (Å²) in [6.45, 7) is 0. The smallest absolute Gasteiger partial charge is 0.245 e. The molecule has 17 heavy (non-hydrogen) atoms. The molecule has 2 aromatic rings. The fourth-order valence-corrected chi connectivity index (χ4v) is 2.24. The van der Waals surface area contributed by atoms with Crippen LogP contribution in [0.15, 0.2) is 23.2 Å². The highest BCUT2D eigenvalue weighted by atomic mass is 35.5. The van der Waals surface area contributed by atoms with Gasteiger partial charge < -0.3 is 0 Å². The monoisotopic (exact) mass is 274 g/mol. The van der Waals surface area contributed by atoms with Crippen molar-refractivity contribution in [3.05, 3.63) is 23.5 Å². The molecule has 8 nitrogen and oxygen atoms in total. The minimum Gasteiger partial charge on any atom is -0.245 e. The maximum Gasteiger partial charge on any atom is 0.277 e. The molecule has 2 aromatic heterocycles. The first kappa shape index (κ1) is 11.7. The Morgan fingerprint density at radius 1 is 1.47 bits per heavy atom. The lowest BCUT2D eigenvalue weighted by Gasteiger charge is -2.03. The molecular formula is C7H7ClN6O2S. The number of hydrogen-bond acceptors (Lipinski definition) is 6. The van der Waals surface area contributed by atoms with Gasteiger partial charge in [-0.1, -0.05) is 16.7 Å². The van der Waals surface area contributed by atoms with Gasteiger partial charge in [0.2, 0.25) is 0 Å². The number of anilines is 1. The van der Waals surface area contributed by atoms with Crippen LogP contribution in [-0.4, -0.2) is 33.6 Å². The van der Waals surface area contributed by atoms with Crippen molar-refractivity contribution in [2.24, 2.45) is 7.05 Å². The first-order valence-electron chi connectivity index (χ1n) is 4.36. The molecule has 0 saturated heterocycles. The Morgan fingerprint density at radius 3 is 2.82 bits per heavy atom. The molecule has 2 rings (SSSR count). The van der Waals surface area contributed by atoms with Crippen LogP contribution in [0.4, 0.5) is 5.95 Å². The highest BCUT2D eigenvalue weighted by Crippen LogP contribution is 2.14. The molecule has 0 aromatic carbocycles. The Balaban J connectivity index is 2.31. The van der Waals surface area contributed by atoms with Crippen LogP contribution in [-0.2, 0) is 17.1 Å². The molecule has 0 bridgehead atoms. The predicted molar refractivity (Wildman–Crippen MR) is 58.9 cm³/mol. The first-order valence-corrected chi connectivity index (χ1v) is 6.22. The van der Waals surface area contributed by atoms with Gasteiger partial charge in [0, 0.05) is 6.20 Å². The quantitative estimate of drug-likeness (QED) is 0.794. The second-order valence-corrected chi connectivity index (χ2v) is 5.09. The van der Waals surface area contributed by atoms with E-state index in [1.54, 1.807) is 0 Å². The zero-order valence-corrected chi connectivity index (χ0v) is 10.1. The van der Waals surface area contributed by atoms with E-state index in [-0.39, 0.29) is 16.0 Å². The number of pyridine rings is 1. The Morgan fingerprint density at radius 2 is 2.24 bits per heavy atom. The highest BCUT2D eigenvalue weighted by Gasteiger charge is 2.17. The third-order valence-corrected chi connectivity index (χ3v) is 3.27. The minimum absolute atomic E-state index is 0.0232. The summed E-state index contributed by atoms with van der Waals surface area (Å²) in [5, 5.41) is 10.8. The standard InChI is InChI=1S/C7H7ClN6O2S/c1-14-11-7(10-13-14)12-17(15,16)5-2-3-9-6(8)4-5/h2-4H,1H3,(H,11,12). The predicted octanol–water partition coefficient (Wildman–Crippen LogP) is 0.0593. The van der Waals surface area contributed by atoms with E-state index < -0.39 is 10.0 Å². The summed E-state index contributed by atoms with van der Waals surface area (Å²) >= 11 is 5.61. The Hall–Kier alpha value is -1.74. The third kappa shape index (κ3) is 2.68. The van der Waals surface area contributed by atoms with Crippen molar-refractivity contribution in [2.75, 3.05) is 4.72 Å². The fraction of sp³-hybridized carbons (Fsp3) is 0.143. The molecule has 0 amide bonds. The molecule has 0 aliphatic heterocycles. The zero-order chi connectivity index (χ0) is 12.5. The number of nitrogens with zero attached hydrogens (tertiary/aromatic N) is 5. The van der Waals surface area contributed by atoms with Crippen LogP contribution >= 0.6 is 11.6 Å². The van der Waals surface area contributed by atoms with Crippen molar-refractivity contribution in [1.82, 2.24) is 25.2 Å². The molecule has 1 N–H and O–H groups in total. The first-order chi connectivity index (χ1) is 7.97. The van der Waals surface area contributed by atoms with Crippen LogP contribution in [0.25, 0.3) is 0 Å². The van der Waals surface area contributed by atoms with Crippen molar-refractivity contribution in [3.63, 3.8) is 0 Å². The van der Waals surface area contributed by atoms with Gasteiger partial charge in [0.15, 0.2) is 0 Å². The topological polar surface area (TPSA) is 103 Å². The maximum absolute atomic E-state index is 11.8. The number of aryl methyl sites for hydroxylation is 1. The molecular weight excluding hydrogens is 268 g/mol. The summed E-state index contributed by atoms with van der Waals surface area (Å²) in [6, 6.07) is 2.53. The van der Waals surface area contributed by atoms with E-state index in [1.165, 1.54) is 25.4 Å². The van der Waals surface area contributed by atoms with Crippen molar-refractivity contribution >= 4 is 27.6 Å². The lowest BCUT2D eigenvalue weighted by atomic mass is 10.5. The van der Waals surface area contributed by atoms with Crippen molar-refractivity contribution in [1.29, 1.82) is 0 Å². The number of nitrogens with one attached hydrogen (secondary N) is 1. The number of sulfonamides is 1. The highest BCUT2D eigenvalue weighted by molar-refractivity contribution is 7.92. The van der Waals surface area contributed by atoms with Crippen LogP contribution in [0.3, 0.4) is 0 Å². The maximum atomic E-state index is 11.8. The van der Waals surface area contributed by atoms with Crippen LogP contribution < -0.4 is 4.72 Å². The summed E-state index contributed by atoms with van der Waals surface area (Å²) in [7, 11) is -2.25. The summed E-state index contributed by atoms with van der Waals surface area (Å²) in [6.07, 6.45) is 1.29. The summed E-state index contributed by atoms with van der Waals surface area (Å²) in [5.74, 6) is -0.111. The van der Waals surface area contributed by atoms with E-state index in [1.807, 2.05) is 0 Å². The molecule has 0 unspecified atom stereocenters. The SMILES string of the molecule is Cn1nnc(NS(=O)(=O)c2ccnc(Cl)c2)n1. The molecule has 2 heterocycles. The van der Waals surface area contributed by atoms with E-state index in [4.69, 9.17) is 11.6 Å². The van der Waals surface area contributed by atoms with Crippen molar-refractivity contribution in [3.8, 4) is 0 Å². The zero-order valence-electron chi connectivity index (χ0n) is 8.57. The lowest BCUT2D eigenvalue weighted by Crippen LogP contribution is -2.14. The second-order valence-electron chi connectivity index (χ2n) is 3.02. The van der Waals surface area contributed by atoms with Crippen LogP contribution in [0.5, 0.6) is 0 Å². The van der Waals surface area contributed by atoms with Gasteiger partial charge in [0.05, 0.1) is 11.9 Å². The van der Waals surface area contributed by atoms with E-state index in [9.17, 15) is 8.42 Å². The third-order valence-electron chi connectivity index (χ3n) is 1.74. The van der Waals surface area contributed by atoms with Gasteiger partial charge in [-0.15, -0.1) is 5.10 Å². The summed E-state index contributed by atoms with van der Waals surface area (Å²) in [5.41, 5.74) is 0. The van der Waals surface area contributed by atoms with Crippen LogP contribution in [0.1, 0.15) is 0 Å². The van der Waals surface area contributed by atoms with Gasteiger partial charge in [0.1, 0.15) is 5.15 Å². The van der Waals surface area contributed by atoms with E-state index in [0.29, 0.717) is 0 Å². The van der Waals surface area contributed by atoms with E-state index in [0.717, 1.165) is 4.80 Å². The average molecular weight is 275 g/mol. The number of halogens is 1. The van der Waals surface area contributed by atoms with Gasteiger partial charge >= 0.3 is 0 Å². The van der Waals surface area contributed by atoms with Crippen molar-refractivity contribution < 1.29 is 8.42 Å². The fourth-order valence-electron chi connectivity index (χ4n) is 1.06. The molecule has 0 fully saturated rings. The number of tetrazole rings is 1. The van der Waals surface area contributed by atoms with Crippen LogP contribution in [0, 0.1) is 0 Å². The minimum atomic E-state index is -3.78. The normalized spacial score (nSPS) is 11.4. The summed E-state index contributed by atoms with van der Waals surface area (Å²) < 4.78 is 25.9. The Labute approximate surface area is 102 Å². The van der Waals surface area contributed by atoms with E-state index >= 15 is 0 Å². The second kappa shape index (κ2) is 4.26. The number of rotatable bonds is 3. The van der Waals surface area contributed by atoms with Gasteiger partial charge in [-0.2, -0.15) is 4.80 Å². The molecule has 90 valence electrons. The van der Waals surface area contributed by atoms with Gasteiger partial charge in [-0.05, 0) is 17.3 Å².